The lowest BCUT2D eigenvalue weighted by Crippen LogP contribution is -2.47. The fourth-order valence-electron chi connectivity index (χ4n) is 1.58. The summed E-state index contributed by atoms with van der Waals surface area (Å²) in [4.78, 5) is 30.7. The highest BCUT2D eigenvalue weighted by atomic mass is 31.2. The Hall–Kier alpha value is -1.00. The van der Waals surface area contributed by atoms with Gasteiger partial charge in [-0.3, -0.25) is 0 Å². The summed E-state index contributed by atoms with van der Waals surface area (Å²) < 4.78 is 5.08. The first-order valence-electron chi connectivity index (χ1n) is 6.18. The van der Waals surface area contributed by atoms with Crippen molar-refractivity contribution in [3.63, 3.8) is 0 Å². The van der Waals surface area contributed by atoms with Gasteiger partial charge in [-0.05, 0) is 12.0 Å². The van der Waals surface area contributed by atoms with Gasteiger partial charge < -0.3 is 20.3 Å². The fourth-order valence-corrected chi connectivity index (χ4v) is 2.16. The van der Waals surface area contributed by atoms with Crippen LogP contribution in [-0.4, -0.2) is 21.0 Å². The molecule has 1 unspecified atom stereocenters. The monoisotopic (exact) mass is 285 g/mol. The van der Waals surface area contributed by atoms with Gasteiger partial charge in [0, 0.05) is 0 Å². The summed E-state index contributed by atoms with van der Waals surface area (Å²) in [7, 11) is -2.57. The van der Waals surface area contributed by atoms with Crippen molar-refractivity contribution < 1.29 is 19.3 Å². The lowest BCUT2D eigenvalue weighted by Gasteiger charge is -2.27. The number of rotatable bonds is 7. The predicted molar refractivity (Wildman–Crippen MR) is 74.0 cm³/mol. The number of carbonyl (C=O) groups excluding carboxylic acids is 1. The molecule has 106 valence electrons. The Balaban J connectivity index is 2.62. The minimum Gasteiger partial charge on any atom is -0.459 e. The average Bonchev–Trinajstić information content (AvgIpc) is 2.42. The van der Waals surface area contributed by atoms with E-state index in [1.807, 2.05) is 37.3 Å². The van der Waals surface area contributed by atoms with Gasteiger partial charge in [0.05, 0.1) is 0 Å². The molecule has 5 nitrogen and oxygen atoms in total. The van der Waals surface area contributed by atoms with E-state index in [2.05, 4.69) is 0 Å². The number of esters is 1. The highest BCUT2D eigenvalue weighted by Crippen LogP contribution is 2.42. The maximum atomic E-state index is 11.9. The second-order valence-electron chi connectivity index (χ2n) is 4.38. The van der Waals surface area contributed by atoms with E-state index < -0.39 is 19.6 Å². The summed E-state index contributed by atoms with van der Waals surface area (Å²) in [5.41, 5.74) is 6.62. The van der Waals surface area contributed by atoms with Crippen LogP contribution in [0.15, 0.2) is 30.3 Å². The van der Waals surface area contributed by atoms with E-state index in [9.17, 15) is 14.6 Å². The molecule has 0 amide bonds. The van der Waals surface area contributed by atoms with Crippen molar-refractivity contribution in [1.29, 1.82) is 0 Å². The van der Waals surface area contributed by atoms with Gasteiger partial charge in [0.1, 0.15) is 6.61 Å². The number of benzene rings is 1. The quantitative estimate of drug-likeness (QED) is 0.525. The Morgan fingerprint density at radius 3 is 2.53 bits per heavy atom. The molecule has 0 heterocycles. The van der Waals surface area contributed by atoms with E-state index in [1.54, 1.807) is 0 Å². The molecular weight excluding hydrogens is 265 g/mol. The molecule has 1 rings (SSSR count). The standard InChI is InChI=1S/C13H20NO4P/c1-2-3-9-13(14,19(16)17)12(15)18-10-11-7-5-4-6-8-11/h4-8,16-17H,2-3,9-10,14H2,1H3. The Bertz CT molecular complexity index is 399. The number of unbranched alkanes of at least 4 members (excludes halogenated alkanes) is 1. The van der Waals surface area contributed by atoms with Crippen LogP contribution in [0.1, 0.15) is 31.7 Å². The lowest BCUT2D eigenvalue weighted by atomic mass is 10.1. The summed E-state index contributed by atoms with van der Waals surface area (Å²) in [6, 6.07) is 9.17. The zero-order valence-electron chi connectivity index (χ0n) is 11.0. The maximum absolute atomic E-state index is 11.9. The molecule has 0 aliphatic heterocycles. The molecule has 1 atom stereocenters. The Labute approximate surface area is 114 Å². The van der Waals surface area contributed by atoms with Gasteiger partial charge in [-0.15, -0.1) is 0 Å². The van der Waals surface area contributed by atoms with Crippen molar-refractivity contribution in [2.45, 2.75) is 38.1 Å². The van der Waals surface area contributed by atoms with E-state index in [0.717, 1.165) is 12.0 Å². The number of carbonyl (C=O) groups is 1. The molecule has 19 heavy (non-hydrogen) atoms. The molecule has 0 spiro atoms. The second-order valence-corrected chi connectivity index (χ2v) is 5.76. The SMILES string of the molecule is CCCCC(N)(C(=O)OCc1ccccc1)P(O)O. The number of hydrogen-bond donors (Lipinski definition) is 3. The molecule has 6 heteroatoms. The second kappa shape index (κ2) is 7.56. The molecule has 0 aromatic heterocycles. The topological polar surface area (TPSA) is 92.8 Å². The van der Waals surface area contributed by atoms with Gasteiger partial charge in [-0.1, -0.05) is 50.1 Å². The molecule has 0 radical (unpaired) electrons. The third kappa shape index (κ3) is 4.55. The number of nitrogens with two attached hydrogens (primary N) is 1. The molecule has 4 N–H and O–H groups in total. The first-order chi connectivity index (χ1) is 9.00. The van der Waals surface area contributed by atoms with Crippen molar-refractivity contribution in [2.24, 2.45) is 5.73 Å². The van der Waals surface area contributed by atoms with E-state index >= 15 is 0 Å². The highest BCUT2D eigenvalue weighted by molar-refractivity contribution is 7.48. The van der Waals surface area contributed by atoms with E-state index in [-0.39, 0.29) is 13.0 Å². The van der Waals surface area contributed by atoms with Gasteiger partial charge in [-0.25, -0.2) is 4.79 Å². The Morgan fingerprint density at radius 2 is 2.00 bits per heavy atom. The normalized spacial score (nSPS) is 14.2. The van der Waals surface area contributed by atoms with E-state index in [4.69, 9.17) is 10.5 Å². The maximum Gasteiger partial charge on any atom is 0.335 e. The van der Waals surface area contributed by atoms with Crippen molar-refractivity contribution >= 4 is 14.3 Å². The van der Waals surface area contributed by atoms with Gasteiger partial charge in [0.25, 0.3) is 0 Å². The van der Waals surface area contributed by atoms with Crippen molar-refractivity contribution in [2.75, 3.05) is 0 Å². The molecule has 1 aromatic carbocycles. The summed E-state index contributed by atoms with van der Waals surface area (Å²) in [5, 5.41) is -1.69. The number of hydrogen-bond acceptors (Lipinski definition) is 5. The van der Waals surface area contributed by atoms with Gasteiger partial charge in [0.2, 0.25) is 0 Å². The summed E-state index contributed by atoms with van der Waals surface area (Å²) in [6.07, 6.45) is 1.65. The molecular formula is C13H20NO4P. The highest BCUT2D eigenvalue weighted by Gasteiger charge is 2.43. The molecule has 0 fully saturated rings. The van der Waals surface area contributed by atoms with Crippen LogP contribution in [0, 0.1) is 0 Å². The van der Waals surface area contributed by atoms with Crippen LogP contribution >= 0.6 is 8.38 Å². The third-order valence-electron chi connectivity index (χ3n) is 2.83. The first-order valence-corrected chi connectivity index (χ1v) is 7.43. The van der Waals surface area contributed by atoms with Gasteiger partial charge in [-0.2, -0.15) is 0 Å². The van der Waals surface area contributed by atoms with Crippen molar-refractivity contribution in [3.8, 4) is 0 Å². The number of ether oxygens (including phenoxy) is 1. The smallest absolute Gasteiger partial charge is 0.335 e. The predicted octanol–water partition coefficient (Wildman–Crippen LogP) is 1.87. The van der Waals surface area contributed by atoms with Crippen LogP contribution in [-0.2, 0) is 16.1 Å². The molecule has 0 aliphatic carbocycles. The molecule has 0 aliphatic rings. The van der Waals surface area contributed by atoms with E-state index in [0.29, 0.717) is 6.42 Å². The molecule has 0 bridgehead atoms. The van der Waals surface area contributed by atoms with Crippen LogP contribution in [0.25, 0.3) is 0 Å². The largest absolute Gasteiger partial charge is 0.459 e. The summed E-state index contributed by atoms with van der Waals surface area (Å²) in [5.74, 6) is -0.763. The molecule has 0 saturated heterocycles. The van der Waals surface area contributed by atoms with E-state index in [1.165, 1.54) is 0 Å². The van der Waals surface area contributed by atoms with Crippen LogP contribution in [0.5, 0.6) is 0 Å². The first kappa shape index (κ1) is 16.1. The Morgan fingerprint density at radius 1 is 1.37 bits per heavy atom. The van der Waals surface area contributed by atoms with Crippen LogP contribution < -0.4 is 5.73 Å². The van der Waals surface area contributed by atoms with Crippen LogP contribution in [0.4, 0.5) is 0 Å². The minimum atomic E-state index is -2.57. The minimum absolute atomic E-state index is 0.0773. The van der Waals surface area contributed by atoms with Crippen molar-refractivity contribution in [1.82, 2.24) is 0 Å². The fraction of sp³-hybridized carbons (Fsp3) is 0.462. The van der Waals surface area contributed by atoms with Crippen LogP contribution in [0.2, 0.25) is 0 Å². The summed E-state index contributed by atoms with van der Waals surface area (Å²) >= 11 is 0. The van der Waals surface area contributed by atoms with Gasteiger partial charge in [0.15, 0.2) is 13.7 Å². The summed E-state index contributed by atoms with van der Waals surface area (Å²) in [6.45, 7) is 2.01. The third-order valence-corrected chi connectivity index (χ3v) is 3.95. The van der Waals surface area contributed by atoms with Crippen molar-refractivity contribution in [3.05, 3.63) is 35.9 Å². The zero-order chi connectivity index (χ0) is 14.3. The van der Waals surface area contributed by atoms with Crippen LogP contribution in [0.3, 0.4) is 0 Å². The average molecular weight is 285 g/mol. The van der Waals surface area contributed by atoms with Gasteiger partial charge >= 0.3 is 5.97 Å². The molecule has 1 aromatic rings. The lowest BCUT2D eigenvalue weighted by molar-refractivity contribution is -0.148. The molecule has 0 saturated carbocycles. The zero-order valence-corrected chi connectivity index (χ0v) is 11.8. The Kier molecular flexibility index (Phi) is 6.38.